The lowest BCUT2D eigenvalue weighted by molar-refractivity contribution is -0.0431. The molecule has 0 aromatic heterocycles. The van der Waals surface area contributed by atoms with Crippen LogP contribution in [0.5, 0.6) is 0 Å². The highest BCUT2D eigenvalue weighted by Gasteiger charge is 2.48. The molecule has 0 bridgehead atoms. The van der Waals surface area contributed by atoms with Crippen LogP contribution in [0.1, 0.15) is 34.1 Å². The van der Waals surface area contributed by atoms with E-state index in [4.69, 9.17) is 43.7 Å². The first kappa shape index (κ1) is 25.7. The number of halogens is 1. The van der Waals surface area contributed by atoms with Crippen molar-refractivity contribution in [1.29, 1.82) is 0 Å². The Kier molecular flexibility index (Phi) is 10.0. The summed E-state index contributed by atoms with van der Waals surface area (Å²) in [5.74, 6) is 0.250. The maximum atomic E-state index is 14.5. The molecule has 0 N–H and O–H groups in total. The zero-order valence-electron chi connectivity index (χ0n) is 17.6. The summed E-state index contributed by atoms with van der Waals surface area (Å²) in [5, 5.41) is 0. The quantitative estimate of drug-likeness (QED) is 0.352. The minimum Gasteiger partial charge on any atom is -0.381 e. The minimum absolute atomic E-state index is 0.00184. The van der Waals surface area contributed by atoms with Crippen molar-refractivity contribution < 1.29 is 37.0 Å². The van der Waals surface area contributed by atoms with E-state index in [0.29, 0.717) is 6.42 Å². The van der Waals surface area contributed by atoms with Gasteiger partial charge < -0.3 is 23.5 Å². The van der Waals surface area contributed by atoms with Gasteiger partial charge in [-0.25, -0.2) is 8.96 Å². The summed E-state index contributed by atoms with van der Waals surface area (Å²) in [7, 11) is 12.8. The van der Waals surface area contributed by atoms with Crippen LogP contribution in [-0.2, 0) is 32.6 Å². The number of rotatable bonds is 11. The standard InChI is InChI=1S/C17H30B2FO7PS/c1-9(2)23-7-12-16(15(20)17(19)26-12)27-28(21,22-5)29-8-13-11(24-10(3)4)6-14(18)25-13/h9-17H,6-8H2,1-5H3/t11-,12-,13-,14-,15?,16+,17-,28?/m1/s1. The van der Waals surface area contributed by atoms with E-state index in [2.05, 4.69) is 0 Å². The van der Waals surface area contributed by atoms with Crippen molar-refractivity contribution in [2.45, 2.75) is 88.9 Å². The molecule has 2 fully saturated rings. The average Bonchev–Trinajstić information content (AvgIpc) is 3.11. The second-order valence-electron chi connectivity index (χ2n) is 7.63. The van der Waals surface area contributed by atoms with Gasteiger partial charge in [-0.1, -0.05) is 0 Å². The normalized spacial score (nSPS) is 37.4. The van der Waals surface area contributed by atoms with Gasteiger partial charge in [-0.05, 0) is 45.5 Å². The van der Waals surface area contributed by atoms with Gasteiger partial charge in [0.2, 0.25) is 0 Å². The fourth-order valence-electron chi connectivity index (χ4n) is 3.12. The lowest BCUT2D eigenvalue weighted by Gasteiger charge is -2.26. The van der Waals surface area contributed by atoms with E-state index in [9.17, 15) is 8.96 Å². The number of hydrogen-bond donors (Lipinski definition) is 0. The van der Waals surface area contributed by atoms with E-state index in [1.807, 2.05) is 27.7 Å². The molecule has 2 rings (SSSR count). The highest BCUT2D eigenvalue weighted by molar-refractivity contribution is 8.55. The Bertz CT molecular complexity index is 562. The molecular formula is C17H30B2FO7PS. The third kappa shape index (κ3) is 7.49. The van der Waals surface area contributed by atoms with Gasteiger partial charge in [-0.2, -0.15) is 0 Å². The zero-order valence-corrected chi connectivity index (χ0v) is 19.3. The summed E-state index contributed by atoms with van der Waals surface area (Å²) in [5.41, 5.74) is 0. The van der Waals surface area contributed by atoms with E-state index in [0.717, 1.165) is 11.4 Å². The monoisotopic (exact) mass is 450 g/mol. The molecule has 4 radical (unpaired) electrons. The van der Waals surface area contributed by atoms with Gasteiger partial charge in [0.25, 0.3) is 0 Å². The summed E-state index contributed by atoms with van der Waals surface area (Å²) in [6.45, 7) is 3.86. The summed E-state index contributed by atoms with van der Waals surface area (Å²) < 4.78 is 60.8. The molecule has 0 aromatic carbocycles. The molecule has 164 valence electrons. The molecule has 29 heavy (non-hydrogen) atoms. The van der Waals surface area contributed by atoms with Gasteiger partial charge >= 0.3 is 6.80 Å². The molecule has 2 aliphatic rings. The van der Waals surface area contributed by atoms with E-state index in [1.54, 1.807) is 0 Å². The Hall–Kier alpha value is 0.400. The van der Waals surface area contributed by atoms with Crippen molar-refractivity contribution >= 4 is 33.9 Å². The molecule has 0 aromatic rings. The van der Waals surface area contributed by atoms with Crippen molar-refractivity contribution in [1.82, 2.24) is 0 Å². The van der Waals surface area contributed by atoms with Crippen LogP contribution in [0.25, 0.3) is 0 Å². The summed E-state index contributed by atoms with van der Waals surface area (Å²) in [4.78, 5) is 0. The van der Waals surface area contributed by atoms with E-state index in [-0.39, 0.29) is 36.8 Å². The molecule has 2 unspecified atom stereocenters. The highest BCUT2D eigenvalue weighted by Crippen LogP contribution is 2.62. The first-order valence-corrected chi connectivity index (χ1v) is 12.9. The molecule has 2 heterocycles. The van der Waals surface area contributed by atoms with E-state index >= 15 is 0 Å². The lowest BCUT2D eigenvalue weighted by atomic mass is 9.94. The van der Waals surface area contributed by atoms with Crippen molar-refractivity contribution in [3.05, 3.63) is 0 Å². The van der Waals surface area contributed by atoms with Gasteiger partial charge in [-0.15, -0.1) is 0 Å². The van der Waals surface area contributed by atoms with Crippen molar-refractivity contribution in [2.24, 2.45) is 0 Å². The fourth-order valence-corrected chi connectivity index (χ4v) is 6.33. The Labute approximate surface area is 179 Å². The minimum atomic E-state index is -3.72. The van der Waals surface area contributed by atoms with Crippen LogP contribution in [0.4, 0.5) is 4.39 Å². The molecule has 2 aliphatic heterocycles. The molecule has 0 saturated carbocycles. The van der Waals surface area contributed by atoms with Gasteiger partial charge in [0.15, 0.2) is 0 Å². The Balaban J connectivity index is 1.99. The van der Waals surface area contributed by atoms with Gasteiger partial charge in [0, 0.05) is 18.9 Å². The molecule has 0 aliphatic carbocycles. The third-order valence-electron chi connectivity index (χ3n) is 4.47. The van der Waals surface area contributed by atoms with E-state index < -0.39 is 37.2 Å². The van der Waals surface area contributed by atoms with Gasteiger partial charge in [0.1, 0.15) is 34.1 Å². The lowest BCUT2D eigenvalue weighted by Crippen LogP contribution is -2.35. The van der Waals surface area contributed by atoms with Crippen molar-refractivity contribution in [2.75, 3.05) is 19.5 Å². The predicted molar refractivity (Wildman–Crippen MR) is 111 cm³/mol. The van der Waals surface area contributed by atoms with Gasteiger partial charge in [0.05, 0.1) is 37.0 Å². The molecular weight excluding hydrogens is 420 g/mol. The molecule has 8 atom stereocenters. The average molecular weight is 450 g/mol. The maximum Gasteiger partial charge on any atom is 0.389 e. The first-order valence-electron chi connectivity index (χ1n) is 9.76. The van der Waals surface area contributed by atoms with Crippen LogP contribution in [0, 0.1) is 0 Å². The zero-order chi connectivity index (χ0) is 21.8. The molecule has 0 amide bonds. The van der Waals surface area contributed by atoms with Crippen LogP contribution in [0.3, 0.4) is 0 Å². The fraction of sp³-hybridized carbons (Fsp3) is 1.00. The Morgan fingerprint density at radius 3 is 2.45 bits per heavy atom. The Morgan fingerprint density at radius 2 is 1.86 bits per heavy atom. The van der Waals surface area contributed by atoms with Crippen molar-refractivity contribution in [3.63, 3.8) is 0 Å². The van der Waals surface area contributed by atoms with Crippen molar-refractivity contribution in [3.8, 4) is 0 Å². The summed E-state index contributed by atoms with van der Waals surface area (Å²) in [6, 6.07) is -1.64. The predicted octanol–water partition coefficient (Wildman–Crippen LogP) is 2.59. The van der Waals surface area contributed by atoms with Gasteiger partial charge in [-0.3, -0.25) is 4.52 Å². The highest BCUT2D eigenvalue weighted by atomic mass is 32.7. The summed E-state index contributed by atoms with van der Waals surface area (Å²) >= 11 is 0.917. The van der Waals surface area contributed by atoms with E-state index in [1.165, 1.54) is 7.11 Å². The maximum absolute atomic E-state index is 14.5. The van der Waals surface area contributed by atoms with Crippen LogP contribution in [0.2, 0.25) is 0 Å². The number of hydrogen-bond acceptors (Lipinski definition) is 8. The molecule has 2 saturated heterocycles. The Morgan fingerprint density at radius 1 is 1.17 bits per heavy atom. The topological polar surface area (TPSA) is 72.5 Å². The molecule has 12 heteroatoms. The van der Waals surface area contributed by atoms with Crippen LogP contribution >= 0.6 is 18.2 Å². The molecule has 7 nitrogen and oxygen atoms in total. The molecule has 0 spiro atoms. The summed E-state index contributed by atoms with van der Waals surface area (Å²) in [6.07, 6.45) is -3.78. The largest absolute Gasteiger partial charge is 0.389 e. The third-order valence-corrected chi connectivity index (χ3v) is 8.31. The smallest absolute Gasteiger partial charge is 0.381 e. The van der Waals surface area contributed by atoms with Crippen LogP contribution < -0.4 is 0 Å². The SMILES string of the molecule is [B][C@@H]1O[C@H](COC(C)C)[C@H](OP(=O)(OC)SC[C@H]2O[C@@H]([B])C[C@H]2OC(C)C)C1F. The first-order chi connectivity index (χ1) is 13.5. The number of ether oxygens (including phenoxy) is 4. The van der Waals surface area contributed by atoms with Crippen LogP contribution in [-0.4, -0.2) is 90.0 Å². The second-order valence-corrected chi connectivity index (χ2v) is 11.8. The second kappa shape index (κ2) is 11.3. The number of alkyl halides is 1. The van der Waals surface area contributed by atoms with Crippen LogP contribution in [0.15, 0.2) is 0 Å².